The van der Waals surface area contributed by atoms with Crippen molar-refractivity contribution in [3.63, 3.8) is 0 Å². The summed E-state index contributed by atoms with van der Waals surface area (Å²) in [5.74, 6) is 1.15. The number of fused-ring (bicyclic) bond motifs is 1. The summed E-state index contributed by atoms with van der Waals surface area (Å²) >= 11 is 5.38. The van der Waals surface area contributed by atoms with Gasteiger partial charge >= 0.3 is 5.69 Å². The van der Waals surface area contributed by atoms with Crippen molar-refractivity contribution in [2.45, 2.75) is 18.2 Å². The zero-order valence-corrected chi connectivity index (χ0v) is 11.0. The lowest BCUT2D eigenvalue weighted by Crippen LogP contribution is -2.19. The van der Waals surface area contributed by atoms with Crippen molar-refractivity contribution >= 4 is 38.7 Å². The van der Waals surface area contributed by atoms with Crippen LogP contribution in [0.2, 0.25) is 0 Å². The van der Waals surface area contributed by atoms with E-state index in [0.717, 1.165) is 27.7 Å². The molecule has 16 heavy (non-hydrogen) atoms. The average molecular weight is 299 g/mol. The lowest BCUT2D eigenvalue weighted by Gasteiger charge is -2.11. The van der Waals surface area contributed by atoms with Gasteiger partial charge in [0.05, 0.1) is 16.4 Å². The molecule has 0 amide bonds. The molecule has 0 spiro atoms. The third-order valence-electron chi connectivity index (χ3n) is 2.88. The topological polar surface area (TPSA) is 37.8 Å². The second-order valence-corrected chi connectivity index (χ2v) is 6.04. The van der Waals surface area contributed by atoms with E-state index in [4.69, 9.17) is 0 Å². The maximum absolute atomic E-state index is 12.0. The summed E-state index contributed by atoms with van der Waals surface area (Å²) in [5, 5.41) is 0.292. The number of aromatic amines is 1. The largest absolute Gasteiger partial charge is 0.327 e. The van der Waals surface area contributed by atoms with Crippen LogP contribution in [-0.4, -0.2) is 15.3 Å². The first-order valence-electron chi connectivity index (χ1n) is 5.28. The highest BCUT2D eigenvalue weighted by atomic mass is 79.9. The van der Waals surface area contributed by atoms with Crippen LogP contribution in [0.1, 0.15) is 18.2 Å². The SMILES string of the molecule is O=c1[nH]c2cccc(Br)c2n1C1CCCS1. The van der Waals surface area contributed by atoms with Crippen LogP contribution in [0, 0.1) is 0 Å². The summed E-state index contributed by atoms with van der Waals surface area (Å²) < 4.78 is 2.87. The van der Waals surface area contributed by atoms with Crippen LogP contribution in [0.3, 0.4) is 0 Å². The Bertz CT molecular complexity index is 583. The van der Waals surface area contributed by atoms with Crippen LogP contribution >= 0.6 is 27.7 Å². The summed E-state index contributed by atoms with van der Waals surface area (Å²) in [6.45, 7) is 0. The first kappa shape index (κ1) is 10.5. The Labute approximate surface area is 105 Å². The summed E-state index contributed by atoms with van der Waals surface area (Å²) in [5.41, 5.74) is 1.90. The maximum Gasteiger partial charge on any atom is 0.327 e. The number of halogens is 1. The molecule has 1 aromatic carbocycles. The van der Waals surface area contributed by atoms with Crippen LogP contribution in [0.5, 0.6) is 0 Å². The Balaban J connectivity index is 2.29. The third-order valence-corrected chi connectivity index (χ3v) is 4.88. The molecule has 5 heteroatoms. The standard InChI is InChI=1S/C11H11BrN2OS/c12-7-3-1-4-8-10(7)14(11(15)13-8)9-5-2-6-16-9/h1,3-4,9H,2,5-6H2,(H,13,15). The second-order valence-electron chi connectivity index (χ2n) is 3.90. The van der Waals surface area contributed by atoms with Gasteiger partial charge in [-0.2, -0.15) is 0 Å². The lowest BCUT2D eigenvalue weighted by atomic mass is 10.3. The average Bonchev–Trinajstić information content (AvgIpc) is 2.84. The van der Waals surface area contributed by atoms with E-state index in [1.54, 1.807) is 0 Å². The van der Waals surface area contributed by atoms with Crippen molar-refractivity contribution in [2.24, 2.45) is 0 Å². The quantitative estimate of drug-likeness (QED) is 0.878. The summed E-state index contributed by atoms with van der Waals surface area (Å²) in [4.78, 5) is 14.9. The molecule has 3 rings (SSSR count). The predicted octanol–water partition coefficient (Wildman–Crippen LogP) is 3.12. The molecule has 1 aliphatic rings. The Hall–Kier alpha value is -0.680. The molecule has 1 aromatic heterocycles. The van der Waals surface area contributed by atoms with Gasteiger partial charge in [0.15, 0.2) is 0 Å². The molecule has 1 fully saturated rings. The molecular formula is C11H11BrN2OS. The zero-order valence-electron chi connectivity index (χ0n) is 8.57. The molecule has 0 radical (unpaired) electrons. The molecule has 2 heterocycles. The summed E-state index contributed by atoms with van der Waals surface area (Å²) in [6, 6.07) is 5.86. The Kier molecular flexibility index (Phi) is 2.59. The van der Waals surface area contributed by atoms with E-state index >= 15 is 0 Å². The molecule has 1 atom stereocenters. The van der Waals surface area contributed by atoms with Crippen molar-refractivity contribution in [2.75, 3.05) is 5.75 Å². The fourth-order valence-corrected chi connectivity index (χ4v) is 4.02. The van der Waals surface area contributed by atoms with Gasteiger partial charge in [0.25, 0.3) is 0 Å². The van der Waals surface area contributed by atoms with Crippen molar-refractivity contribution in [1.82, 2.24) is 9.55 Å². The number of benzene rings is 1. The van der Waals surface area contributed by atoms with Gasteiger partial charge < -0.3 is 4.98 Å². The molecule has 0 bridgehead atoms. The predicted molar refractivity (Wildman–Crippen MR) is 71.0 cm³/mol. The van der Waals surface area contributed by atoms with Crippen LogP contribution in [0.15, 0.2) is 27.5 Å². The lowest BCUT2D eigenvalue weighted by molar-refractivity contribution is 0.640. The number of imidazole rings is 1. The fraction of sp³-hybridized carbons (Fsp3) is 0.364. The van der Waals surface area contributed by atoms with Gasteiger partial charge in [0.1, 0.15) is 0 Å². The number of nitrogens with one attached hydrogen (secondary N) is 1. The number of thioether (sulfide) groups is 1. The molecule has 1 saturated heterocycles. The van der Waals surface area contributed by atoms with Crippen molar-refractivity contribution in [3.05, 3.63) is 33.2 Å². The van der Waals surface area contributed by atoms with Gasteiger partial charge in [-0.15, -0.1) is 11.8 Å². The first-order chi connectivity index (χ1) is 7.77. The second kappa shape index (κ2) is 3.96. The van der Waals surface area contributed by atoms with Gasteiger partial charge in [0.2, 0.25) is 0 Å². The number of nitrogens with zero attached hydrogens (tertiary/aromatic N) is 1. The van der Waals surface area contributed by atoms with Gasteiger partial charge in [-0.05, 0) is 46.7 Å². The summed E-state index contributed by atoms with van der Waals surface area (Å²) in [7, 11) is 0. The molecule has 1 N–H and O–H groups in total. The molecule has 84 valence electrons. The number of hydrogen-bond acceptors (Lipinski definition) is 2. The minimum absolute atomic E-state index is 0.00120. The van der Waals surface area contributed by atoms with Crippen LogP contribution in [0.25, 0.3) is 11.0 Å². The number of para-hydroxylation sites is 1. The Morgan fingerprint density at radius 2 is 2.38 bits per heavy atom. The number of aromatic nitrogens is 2. The van der Waals surface area contributed by atoms with Crippen molar-refractivity contribution in [3.8, 4) is 0 Å². The van der Waals surface area contributed by atoms with E-state index < -0.39 is 0 Å². The van der Waals surface area contributed by atoms with E-state index in [2.05, 4.69) is 20.9 Å². The van der Waals surface area contributed by atoms with E-state index in [-0.39, 0.29) is 5.69 Å². The fourth-order valence-electron chi connectivity index (χ4n) is 2.18. The Morgan fingerprint density at radius 1 is 1.50 bits per heavy atom. The summed E-state index contributed by atoms with van der Waals surface area (Å²) in [6.07, 6.45) is 2.28. The monoisotopic (exact) mass is 298 g/mol. The molecule has 2 aromatic rings. The highest BCUT2D eigenvalue weighted by Gasteiger charge is 2.22. The van der Waals surface area contributed by atoms with Gasteiger partial charge in [-0.25, -0.2) is 4.79 Å². The smallest absolute Gasteiger partial charge is 0.305 e. The number of rotatable bonds is 1. The van der Waals surface area contributed by atoms with Gasteiger partial charge in [-0.3, -0.25) is 4.57 Å². The highest BCUT2D eigenvalue weighted by Crippen LogP contribution is 2.37. The Morgan fingerprint density at radius 3 is 3.12 bits per heavy atom. The number of hydrogen-bond donors (Lipinski definition) is 1. The minimum Gasteiger partial charge on any atom is -0.305 e. The van der Waals surface area contributed by atoms with Crippen LogP contribution in [0.4, 0.5) is 0 Å². The normalized spacial score (nSPS) is 20.7. The molecular weight excluding hydrogens is 288 g/mol. The van der Waals surface area contributed by atoms with E-state index in [1.807, 2.05) is 34.5 Å². The number of H-pyrrole nitrogens is 1. The minimum atomic E-state index is 0.00120. The first-order valence-corrected chi connectivity index (χ1v) is 7.12. The van der Waals surface area contributed by atoms with E-state index in [9.17, 15) is 4.79 Å². The molecule has 1 aliphatic heterocycles. The molecule has 0 saturated carbocycles. The third kappa shape index (κ3) is 1.53. The van der Waals surface area contributed by atoms with Gasteiger partial charge in [-0.1, -0.05) is 6.07 Å². The van der Waals surface area contributed by atoms with E-state index in [0.29, 0.717) is 5.37 Å². The van der Waals surface area contributed by atoms with Crippen LogP contribution < -0.4 is 5.69 Å². The zero-order chi connectivity index (χ0) is 11.1. The van der Waals surface area contributed by atoms with Crippen LogP contribution in [-0.2, 0) is 0 Å². The van der Waals surface area contributed by atoms with E-state index in [1.165, 1.54) is 6.42 Å². The highest BCUT2D eigenvalue weighted by molar-refractivity contribution is 9.10. The molecule has 1 unspecified atom stereocenters. The van der Waals surface area contributed by atoms with Crippen molar-refractivity contribution in [1.29, 1.82) is 0 Å². The molecule has 3 nitrogen and oxygen atoms in total. The molecule has 0 aliphatic carbocycles. The maximum atomic E-state index is 12.0. The van der Waals surface area contributed by atoms with Gasteiger partial charge in [0, 0.05) is 4.47 Å². The van der Waals surface area contributed by atoms with Crippen molar-refractivity contribution < 1.29 is 0 Å².